The van der Waals surface area contributed by atoms with Gasteiger partial charge in [-0.25, -0.2) is 4.98 Å². The van der Waals surface area contributed by atoms with Gasteiger partial charge in [0.1, 0.15) is 12.1 Å². The van der Waals surface area contributed by atoms with Crippen LogP contribution in [0.1, 0.15) is 28.8 Å². The molecule has 4 atom stereocenters. The maximum absolute atomic E-state index is 12.2. The molecular formula is C20H23N3O3. The van der Waals surface area contributed by atoms with E-state index in [2.05, 4.69) is 34.3 Å². The van der Waals surface area contributed by atoms with E-state index in [-0.39, 0.29) is 17.6 Å². The first-order valence-electron chi connectivity index (χ1n) is 9.30. The molecule has 0 unspecified atom stereocenters. The highest BCUT2D eigenvalue weighted by atomic mass is 16.5. The lowest BCUT2D eigenvalue weighted by molar-refractivity contribution is 0.0141. The predicted molar refractivity (Wildman–Crippen MR) is 96.0 cm³/mol. The highest BCUT2D eigenvalue weighted by Gasteiger charge is 2.63. The Bertz CT molecular complexity index is 804. The average molecular weight is 353 g/mol. The van der Waals surface area contributed by atoms with Gasteiger partial charge in [0.05, 0.1) is 23.5 Å². The molecule has 3 fully saturated rings. The van der Waals surface area contributed by atoms with Gasteiger partial charge in [-0.1, -0.05) is 6.07 Å². The minimum Gasteiger partial charge on any atom is -0.472 e. The smallest absolute Gasteiger partial charge is 0.254 e. The highest BCUT2D eigenvalue weighted by molar-refractivity contribution is 5.93. The zero-order valence-electron chi connectivity index (χ0n) is 14.9. The number of anilines is 1. The van der Waals surface area contributed by atoms with Crippen molar-refractivity contribution in [1.29, 1.82) is 0 Å². The fraction of sp³-hybridized carbons (Fsp3) is 0.500. The molecule has 6 heteroatoms. The van der Waals surface area contributed by atoms with Gasteiger partial charge in [0.2, 0.25) is 0 Å². The second-order valence-electron chi connectivity index (χ2n) is 7.83. The van der Waals surface area contributed by atoms with Crippen LogP contribution in [0.4, 0.5) is 5.82 Å². The number of fused-ring (bicyclic) bond motifs is 1. The minimum atomic E-state index is -0.0781. The van der Waals surface area contributed by atoms with E-state index in [1.807, 2.05) is 6.20 Å². The number of aryl methyl sites for hydroxylation is 1. The predicted octanol–water partition coefficient (Wildman–Crippen LogP) is 2.40. The van der Waals surface area contributed by atoms with E-state index in [4.69, 9.17) is 9.15 Å². The Morgan fingerprint density at radius 3 is 3.12 bits per heavy atom. The summed E-state index contributed by atoms with van der Waals surface area (Å²) in [6, 6.07) is 5.89. The summed E-state index contributed by atoms with van der Waals surface area (Å²) in [7, 11) is 0. The summed E-state index contributed by atoms with van der Waals surface area (Å²) in [5.41, 5.74) is 1.67. The van der Waals surface area contributed by atoms with E-state index in [0.29, 0.717) is 23.9 Å². The highest BCUT2D eigenvalue weighted by Crippen LogP contribution is 2.55. The summed E-state index contributed by atoms with van der Waals surface area (Å²) >= 11 is 0. The van der Waals surface area contributed by atoms with Crippen LogP contribution < -0.4 is 10.2 Å². The number of rotatable bonds is 4. The van der Waals surface area contributed by atoms with Gasteiger partial charge in [-0.2, -0.15) is 0 Å². The zero-order valence-corrected chi connectivity index (χ0v) is 14.9. The number of pyridine rings is 1. The third-order valence-corrected chi connectivity index (χ3v) is 6.29. The molecule has 26 heavy (non-hydrogen) atoms. The maximum Gasteiger partial charge on any atom is 0.254 e. The van der Waals surface area contributed by atoms with Gasteiger partial charge in [-0.05, 0) is 37.5 Å². The largest absolute Gasteiger partial charge is 0.472 e. The summed E-state index contributed by atoms with van der Waals surface area (Å²) in [5.74, 6) is 1.74. The van der Waals surface area contributed by atoms with Crippen molar-refractivity contribution >= 4 is 11.7 Å². The van der Waals surface area contributed by atoms with Gasteiger partial charge in [0, 0.05) is 37.7 Å². The van der Waals surface area contributed by atoms with E-state index in [1.54, 1.807) is 6.07 Å². The first-order valence-corrected chi connectivity index (χ1v) is 9.30. The third-order valence-electron chi connectivity index (χ3n) is 6.29. The lowest BCUT2D eigenvalue weighted by atomic mass is 9.73. The number of nitrogens with one attached hydrogen (secondary N) is 1. The fourth-order valence-electron chi connectivity index (χ4n) is 4.99. The summed E-state index contributed by atoms with van der Waals surface area (Å²) in [6.45, 7) is 4.54. The molecule has 3 aliphatic heterocycles. The average Bonchev–Trinajstić information content (AvgIpc) is 3.40. The number of aromatic nitrogens is 1. The molecule has 6 nitrogen and oxygen atoms in total. The van der Waals surface area contributed by atoms with Gasteiger partial charge >= 0.3 is 0 Å². The number of amides is 1. The van der Waals surface area contributed by atoms with Crippen LogP contribution in [0.2, 0.25) is 0 Å². The molecule has 3 saturated heterocycles. The van der Waals surface area contributed by atoms with Crippen molar-refractivity contribution < 1.29 is 13.9 Å². The summed E-state index contributed by atoms with van der Waals surface area (Å²) in [4.78, 5) is 19.2. The molecule has 0 saturated carbocycles. The second-order valence-corrected chi connectivity index (χ2v) is 7.83. The lowest BCUT2D eigenvalue weighted by Gasteiger charge is -2.29. The Kier molecular flexibility index (Phi) is 3.57. The first-order chi connectivity index (χ1) is 12.6. The second kappa shape index (κ2) is 5.84. The van der Waals surface area contributed by atoms with Crippen LogP contribution in [0.25, 0.3) is 0 Å². The summed E-state index contributed by atoms with van der Waals surface area (Å²) in [6.07, 6.45) is 7.37. The Hall–Kier alpha value is -2.34. The number of hydrogen-bond donors (Lipinski definition) is 1. The molecular weight excluding hydrogens is 330 g/mol. The molecule has 2 aromatic heterocycles. The van der Waals surface area contributed by atoms with E-state index < -0.39 is 0 Å². The SMILES string of the molecule is Cc1ccc(N2C[C@@H]3[C@H](CNC(=O)c4ccoc4)[C@H]4CC[C@]3(C2)O4)nc1. The molecule has 1 amide bonds. The third kappa shape index (κ3) is 2.43. The van der Waals surface area contributed by atoms with Crippen molar-refractivity contribution in [2.45, 2.75) is 31.5 Å². The number of carbonyl (C=O) groups is 1. The van der Waals surface area contributed by atoms with Crippen molar-refractivity contribution in [3.05, 3.63) is 48.0 Å². The van der Waals surface area contributed by atoms with Crippen LogP contribution in [-0.4, -0.2) is 42.2 Å². The van der Waals surface area contributed by atoms with Crippen LogP contribution in [0.15, 0.2) is 41.3 Å². The fourth-order valence-corrected chi connectivity index (χ4v) is 4.99. The quantitative estimate of drug-likeness (QED) is 0.914. The van der Waals surface area contributed by atoms with Crippen LogP contribution in [0, 0.1) is 18.8 Å². The first kappa shape index (κ1) is 15.9. The molecule has 1 N–H and O–H groups in total. The zero-order chi connectivity index (χ0) is 17.7. The number of hydrogen-bond acceptors (Lipinski definition) is 5. The number of nitrogens with zero attached hydrogens (tertiary/aromatic N) is 2. The Morgan fingerprint density at radius 1 is 1.42 bits per heavy atom. The molecule has 1 spiro atoms. The summed E-state index contributed by atoms with van der Waals surface area (Å²) in [5, 5.41) is 3.07. The summed E-state index contributed by atoms with van der Waals surface area (Å²) < 4.78 is 11.5. The monoisotopic (exact) mass is 353 g/mol. The number of carbonyl (C=O) groups excluding carboxylic acids is 1. The van der Waals surface area contributed by atoms with E-state index in [1.165, 1.54) is 18.1 Å². The topological polar surface area (TPSA) is 67.6 Å². The standard InChI is InChI=1S/C20H23N3O3/c1-13-2-3-18(21-8-13)23-10-16-15(17-4-6-20(16,12-23)26-17)9-22-19(24)14-5-7-25-11-14/h2-3,5,7-8,11,15-17H,4,6,9-10,12H2,1H3,(H,22,24)/t15-,16+,17+,20+/m0/s1. The Morgan fingerprint density at radius 2 is 2.35 bits per heavy atom. The minimum absolute atomic E-state index is 0.0672. The van der Waals surface area contributed by atoms with Gasteiger partial charge < -0.3 is 19.4 Å². The molecule has 0 aromatic carbocycles. The molecule has 136 valence electrons. The van der Waals surface area contributed by atoms with Crippen molar-refractivity contribution in [1.82, 2.24) is 10.3 Å². The van der Waals surface area contributed by atoms with Crippen LogP contribution in [0.5, 0.6) is 0 Å². The molecule has 0 radical (unpaired) electrons. The van der Waals surface area contributed by atoms with Crippen molar-refractivity contribution in [2.75, 3.05) is 24.5 Å². The lowest BCUT2D eigenvalue weighted by Crippen LogP contribution is -2.41. The van der Waals surface area contributed by atoms with Crippen molar-refractivity contribution in [3.8, 4) is 0 Å². The molecule has 2 aromatic rings. The normalized spacial score (nSPS) is 32.0. The van der Waals surface area contributed by atoms with Crippen LogP contribution in [0.3, 0.4) is 0 Å². The van der Waals surface area contributed by atoms with E-state index in [9.17, 15) is 4.79 Å². The van der Waals surface area contributed by atoms with Crippen LogP contribution in [-0.2, 0) is 4.74 Å². The molecule has 0 aliphatic carbocycles. The molecule has 5 heterocycles. The molecule has 2 bridgehead atoms. The Labute approximate surface area is 152 Å². The Balaban J connectivity index is 1.30. The van der Waals surface area contributed by atoms with Gasteiger partial charge in [-0.15, -0.1) is 0 Å². The number of ether oxygens (including phenoxy) is 1. The van der Waals surface area contributed by atoms with Crippen LogP contribution >= 0.6 is 0 Å². The van der Waals surface area contributed by atoms with Crippen molar-refractivity contribution in [2.24, 2.45) is 11.8 Å². The maximum atomic E-state index is 12.2. The van der Waals surface area contributed by atoms with Gasteiger partial charge in [0.25, 0.3) is 5.91 Å². The molecule has 5 rings (SSSR count). The van der Waals surface area contributed by atoms with Gasteiger partial charge in [0.15, 0.2) is 0 Å². The molecule has 3 aliphatic rings. The van der Waals surface area contributed by atoms with E-state index in [0.717, 1.165) is 31.7 Å². The van der Waals surface area contributed by atoms with E-state index >= 15 is 0 Å². The van der Waals surface area contributed by atoms with Gasteiger partial charge in [-0.3, -0.25) is 4.79 Å². The number of furan rings is 1. The van der Waals surface area contributed by atoms with Crippen molar-refractivity contribution in [3.63, 3.8) is 0 Å².